The minimum Gasteiger partial charge on any atom is -0.474 e. The summed E-state index contributed by atoms with van der Waals surface area (Å²) in [6, 6.07) is 4.04. The van der Waals surface area contributed by atoms with E-state index in [9.17, 15) is 0 Å². The van der Waals surface area contributed by atoms with E-state index in [0.717, 1.165) is 70.3 Å². The van der Waals surface area contributed by atoms with Crippen molar-refractivity contribution in [3.05, 3.63) is 23.9 Å². The molecule has 1 atom stereocenters. The zero-order valence-electron chi connectivity index (χ0n) is 16.2. The molecule has 0 amide bonds. The fraction of sp³-hybridized carbons (Fsp3) is 0.700. The largest absolute Gasteiger partial charge is 0.474 e. The summed E-state index contributed by atoms with van der Waals surface area (Å²) < 4.78 is 17.0. The van der Waals surface area contributed by atoms with Crippen LogP contribution in [0.3, 0.4) is 0 Å². The molecular formula is C20H30N4O3. The summed E-state index contributed by atoms with van der Waals surface area (Å²) in [6.07, 6.45) is 6.23. The summed E-state index contributed by atoms with van der Waals surface area (Å²) in [5.41, 5.74) is 1.48. The molecule has 0 aliphatic carbocycles. The van der Waals surface area contributed by atoms with E-state index in [0.29, 0.717) is 17.8 Å². The van der Waals surface area contributed by atoms with Gasteiger partial charge in [-0.3, -0.25) is 4.99 Å². The molecule has 3 aliphatic heterocycles. The van der Waals surface area contributed by atoms with Crippen LogP contribution in [0.1, 0.15) is 31.2 Å². The molecule has 7 heteroatoms. The van der Waals surface area contributed by atoms with Gasteiger partial charge in [-0.1, -0.05) is 0 Å². The molecule has 148 valence electrons. The summed E-state index contributed by atoms with van der Waals surface area (Å²) in [4.78, 5) is 11.2. The Hall–Kier alpha value is -1.86. The highest BCUT2D eigenvalue weighted by atomic mass is 16.5. The van der Waals surface area contributed by atoms with Crippen LogP contribution in [0.25, 0.3) is 0 Å². The molecule has 0 aromatic carbocycles. The number of nitrogens with one attached hydrogen (secondary N) is 1. The topological polar surface area (TPSA) is 68.2 Å². The van der Waals surface area contributed by atoms with Crippen LogP contribution in [0.5, 0.6) is 5.88 Å². The number of aliphatic imine (C=N–C) groups is 1. The normalized spacial score (nSPS) is 26.7. The van der Waals surface area contributed by atoms with Crippen molar-refractivity contribution in [2.24, 2.45) is 10.4 Å². The van der Waals surface area contributed by atoms with Crippen LogP contribution in [0.15, 0.2) is 23.3 Å². The number of guanidine groups is 1. The molecule has 1 spiro atoms. The molecule has 3 fully saturated rings. The minimum atomic E-state index is 0.205. The number of ether oxygens (including phenoxy) is 3. The molecule has 3 aliphatic rings. The predicted octanol–water partition coefficient (Wildman–Crippen LogP) is 1.83. The zero-order valence-corrected chi connectivity index (χ0v) is 16.2. The highest BCUT2D eigenvalue weighted by Crippen LogP contribution is 2.38. The molecule has 1 N–H and O–H groups in total. The van der Waals surface area contributed by atoms with Crippen molar-refractivity contribution in [1.82, 2.24) is 15.2 Å². The van der Waals surface area contributed by atoms with E-state index in [4.69, 9.17) is 14.2 Å². The Morgan fingerprint density at radius 3 is 3.00 bits per heavy atom. The van der Waals surface area contributed by atoms with Crippen LogP contribution in [0.2, 0.25) is 0 Å². The second kappa shape index (κ2) is 8.44. The monoisotopic (exact) mass is 374 g/mol. The van der Waals surface area contributed by atoms with Crippen LogP contribution in [0.4, 0.5) is 0 Å². The van der Waals surface area contributed by atoms with Gasteiger partial charge in [0.25, 0.3) is 0 Å². The van der Waals surface area contributed by atoms with Gasteiger partial charge in [0, 0.05) is 63.8 Å². The van der Waals surface area contributed by atoms with Crippen molar-refractivity contribution in [1.29, 1.82) is 0 Å². The maximum atomic E-state index is 6.02. The summed E-state index contributed by atoms with van der Waals surface area (Å²) >= 11 is 0. The average molecular weight is 374 g/mol. The minimum absolute atomic E-state index is 0.205. The number of aromatic nitrogens is 1. The van der Waals surface area contributed by atoms with Gasteiger partial charge in [0.15, 0.2) is 5.96 Å². The number of likely N-dealkylation sites (tertiary alicyclic amines) is 1. The summed E-state index contributed by atoms with van der Waals surface area (Å²) in [7, 11) is 1.85. The molecule has 4 rings (SSSR count). The maximum Gasteiger partial charge on any atom is 0.213 e. The Morgan fingerprint density at radius 1 is 1.33 bits per heavy atom. The quantitative estimate of drug-likeness (QED) is 0.641. The molecule has 0 radical (unpaired) electrons. The molecule has 27 heavy (non-hydrogen) atoms. The molecule has 7 nitrogen and oxygen atoms in total. The third-order valence-corrected chi connectivity index (χ3v) is 5.84. The van der Waals surface area contributed by atoms with E-state index in [2.05, 4.69) is 20.2 Å². The Balaban J connectivity index is 1.31. The third kappa shape index (κ3) is 4.52. The van der Waals surface area contributed by atoms with Gasteiger partial charge in [-0.2, -0.15) is 0 Å². The highest BCUT2D eigenvalue weighted by molar-refractivity contribution is 5.80. The van der Waals surface area contributed by atoms with Crippen molar-refractivity contribution in [3.8, 4) is 5.88 Å². The van der Waals surface area contributed by atoms with E-state index in [-0.39, 0.29) is 6.10 Å². The van der Waals surface area contributed by atoms with Crippen molar-refractivity contribution in [2.75, 3.05) is 46.6 Å². The summed E-state index contributed by atoms with van der Waals surface area (Å²) in [5.74, 6) is 1.65. The Kier molecular flexibility index (Phi) is 5.78. The van der Waals surface area contributed by atoms with Gasteiger partial charge in [-0.15, -0.1) is 0 Å². The highest BCUT2D eigenvalue weighted by Gasteiger charge is 2.42. The van der Waals surface area contributed by atoms with E-state index in [1.165, 1.54) is 6.42 Å². The zero-order chi connectivity index (χ0) is 18.5. The Labute approximate surface area is 161 Å². The van der Waals surface area contributed by atoms with Gasteiger partial charge in [-0.05, 0) is 24.5 Å². The predicted molar refractivity (Wildman–Crippen MR) is 103 cm³/mol. The van der Waals surface area contributed by atoms with Crippen LogP contribution >= 0.6 is 0 Å². The number of hydrogen-bond acceptors (Lipinski definition) is 5. The van der Waals surface area contributed by atoms with Crippen molar-refractivity contribution in [2.45, 2.75) is 38.3 Å². The molecule has 3 saturated heterocycles. The van der Waals surface area contributed by atoms with Crippen LogP contribution in [-0.2, 0) is 16.0 Å². The van der Waals surface area contributed by atoms with Crippen molar-refractivity contribution >= 4 is 5.96 Å². The van der Waals surface area contributed by atoms with Crippen LogP contribution < -0.4 is 10.1 Å². The number of pyridine rings is 1. The molecule has 1 aromatic heterocycles. The fourth-order valence-corrected chi connectivity index (χ4v) is 4.19. The van der Waals surface area contributed by atoms with Gasteiger partial charge in [-0.25, -0.2) is 4.98 Å². The third-order valence-electron chi connectivity index (χ3n) is 5.84. The maximum absolute atomic E-state index is 6.02. The fourth-order valence-electron chi connectivity index (χ4n) is 4.19. The molecule has 1 unspecified atom stereocenters. The van der Waals surface area contributed by atoms with E-state index >= 15 is 0 Å². The summed E-state index contributed by atoms with van der Waals surface area (Å²) in [5, 5.41) is 3.50. The second-order valence-electron chi connectivity index (χ2n) is 7.81. The first-order valence-electron chi connectivity index (χ1n) is 9.99. The lowest BCUT2D eigenvalue weighted by Gasteiger charge is -2.25. The summed E-state index contributed by atoms with van der Waals surface area (Å²) in [6.45, 7) is 6.09. The van der Waals surface area contributed by atoms with Crippen molar-refractivity contribution < 1.29 is 14.2 Å². The Morgan fingerprint density at radius 2 is 2.22 bits per heavy atom. The van der Waals surface area contributed by atoms with E-state index in [1.54, 1.807) is 0 Å². The number of nitrogens with zero attached hydrogens (tertiary/aromatic N) is 3. The van der Waals surface area contributed by atoms with Gasteiger partial charge in [0.05, 0.1) is 19.8 Å². The molecule has 0 bridgehead atoms. The van der Waals surface area contributed by atoms with Crippen LogP contribution in [-0.4, -0.2) is 68.5 Å². The molecule has 1 aromatic rings. The average Bonchev–Trinajstić information content (AvgIpc) is 3.34. The van der Waals surface area contributed by atoms with Gasteiger partial charge in [0.1, 0.15) is 6.10 Å². The number of hydrogen-bond donors (Lipinski definition) is 1. The van der Waals surface area contributed by atoms with Gasteiger partial charge in [0.2, 0.25) is 5.88 Å². The lowest BCUT2D eigenvalue weighted by molar-refractivity contribution is 0.0237. The van der Waals surface area contributed by atoms with Gasteiger partial charge >= 0.3 is 0 Å². The van der Waals surface area contributed by atoms with Crippen LogP contribution in [0, 0.1) is 5.41 Å². The molecule has 4 heterocycles. The second-order valence-corrected chi connectivity index (χ2v) is 7.81. The van der Waals surface area contributed by atoms with Gasteiger partial charge < -0.3 is 24.4 Å². The lowest BCUT2D eigenvalue weighted by Crippen LogP contribution is -2.41. The van der Waals surface area contributed by atoms with E-state index in [1.807, 2.05) is 25.4 Å². The van der Waals surface area contributed by atoms with Crippen molar-refractivity contribution in [3.63, 3.8) is 0 Å². The molecular weight excluding hydrogens is 344 g/mol. The van der Waals surface area contributed by atoms with E-state index < -0.39 is 0 Å². The number of rotatable bonds is 4. The Bertz CT molecular complexity index is 654. The first-order valence-corrected chi connectivity index (χ1v) is 9.99. The SMILES string of the molecule is CN=C(NCc1ccnc(OC2CCOCC2)c1)N1CCC2(CCOC2)C1. The lowest BCUT2D eigenvalue weighted by atomic mass is 9.87. The molecule has 0 saturated carbocycles. The first kappa shape index (κ1) is 18.5. The smallest absolute Gasteiger partial charge is 0.213 e. The standard InChI is InChI=1S/C20H30N4O3/c1-21-19(24-8-5-20(14-24)6-11-26-15-20)23-13-16-2-7-22-18(12-16)27-17-3-9-25-10-4-17/h2,7,12,17H,3-6,8-11,13-15H2,1H3,(H,21,23). The first-order chi connectivity index (χ1) is 13.3.